The minimum absolute atomic E-state index is 0.0276. The van der Waals surface area contributed by atoms with Crippen LogP contribution in [0.5, 0.6) is 11.5 Å². The van der Waals surface area contributed by atoms with Crippen LogP contribution in [0, 0.1) is 0 Å². The molecule has 1 saturated heterocycles. The number of nitrogens with one attached hydrogen (secondary N) is 1. The first-order chi connectivity index (χ1) is 10.5. The summed E-state index contributed by atoms with van der Waals surface area (Å²) in [6, 6.07) is 5.21. The fourth-order valence-electron chi connectivity index (χ4n) is 2.92. The van der Waals surface area contributed by atoms with Gasteiger partial charge in [0.25, 0.3) is 0 Å². The van der Waals surface area contributed by atoms with Crippen LogP contribution in [0.25, 0.3) is 0 Å². The molecule has 2 aliphatic rings. The minimum Gasteiger partial charge on any atom is -0.454 e. The first-order valence-electron chi connectivity index (χ1n) is 7.63. The standard InChI is InChI=1S/C16H22N2O4/c1-10-7-18(8-11(2)22-10)12(3)16(19)17-13-4-5-14-15(6-13)21-9-20-14/h4-6,10-12H,7-9H2,1-3H3,(H,17,19)/t10-,11-,12-/m1/s1. The molecule has 22 heavy (non-hydrogen) atoms. The fraction of sp³-hybridized carbons (Fsp3) is 0.562. The Hall–Kier alpha value is -1.79. The fourth-order valence-corrected chi connectivity index (χ4v) is 2.92. The lowest BCUT2D eigenvalue weighted by Crippen LogP contribution is -2.52. The third-order valence-corrected chi connectivity index (χ3v) is 4.02. The molecule has 2 aliphatic heterocycles. The molecule has 1 amide bonds. The third-order valence-electron chi connectivity index (χ3n) is 4.02. The quantitative estimate of drug-likeness (QED) is 0.923. The van der Waals surface area contributed by atoms with E-state index in [1.165, 1.54) is 0 Å². The zero-order valence-electron chi connectivity index (χ0n) is 13.2. The Balaban J connectivity index is 1.63. The number of rotatable bonds is 3. The van der Waals surface area contributed by atoms with Crippen LogP contribution in [0.15, 0.2) is 18.2 Å². The van der Waals surface area contributed by atoms with E-state index in [0.29, 0.717) is 11.5 Å². The maximum absolute atomic E-state index is 12.5. The van der Waals surface area contributed by atoms with Crippen molar-refractivity contribution in [2.45, 2.75) is 39.0 Å². The zero-order chi connectivity index (χ0) is 15.7. The van der Waals surface area contributed by atoms with Crippen LogP contribution >= 0.6 is 0 Å². The molecule has 0 radical (unpaired) electrons. The molecule has 0 bridgehead atoms. The first-order valence-corrected chi connectivity index (χ1v) is 7.63. The molecule has 0 aromatic heterocycles. The summed E-state index contributed by atoms with van der Waals surface area (Å²) in [6.45, 7) is 7.75. The van der Waals surface area contributed by atoms with Crippen molar-refractivity contribution in [3.63, 3.8) is 0 Å². The molecule has 0 unspecified atom stereocenters. The van der Waals surface area contributed by atoms with Gasteiger partial charge in [-0.05, 0) is 32.9 Å². The number of nitrogens with zero attached hydrogens (tertiary/aromatic N) is 1. The Labute approximate surface area is 130 Å². The molecule has 0 aliphatic carbocycles. The Morgan fingerprint density at radius 2 is 1.91 bits per heavy atom. The van der Waals surface area contributed by atoms with Gasteiger partial charge in [0.15, 0.2) is 11.5 Å². The largest absolute Gasteiger partial charge is 0.454 e. The van der Waals surface area contributed by atoms with E-state index in [2.05, 4.69) is 10.2 Å². The summed E-state index contributed by atoms with van der Waals surface area (Å²) in [6.07, 6.45) is 0.286. The Morgan fingerprint density at radius 3 is 2.64 bits per heavy atom. The van der Waals surface area contributed by atoms with Gasteiger partial charge in [0.2, 0.25) is 12.7 Å². The van der Waals surface area contributed by atoms with Gasteiger partial charge in [-0.2, -0.15) is 0 Å². The van der Waals surface area contributed by atoms with Gasteiger partial charge >= 0.3 is 0 Å². The van der Waals surface area contributed by atoms with Gasteiger partial charge in [-0.25, -0.2) is 0 Å². The number of anilines is 1. The molecule has 6 heteroatoms. The number of hydrogen-bond acceptors (Lipinski definition) is 5. The lowest BCUT2D eigenvalue weighted by atomic mass is 10.1. The van der Waals surface area contributed by atoms with Gasteiger partial charge < -0.3 is 19.5 Å². The van der Waals surface area contributed by atoms with E-state index < -0.39 is 0 Å². The van der Waals surface area contributed by atoms with E-state index in [9.17, 15) is 4.79 Å². The highest BCUT2D eigenvalue weighted by atomic mass is 16.7. The van der Waals surface area contributed by atoms with Gasteiger partial charge in [0.1, 0.15) is 0 Å². The summed E-state index contributed by atoms with van der Waals surface area (Å²) < 4.78 is 16.3. The summed E-state index contributed by atoms with van der Waals surface area (Å²) in [5.41, 5.74) is 0.718. The lowest BCUT2D eigenvalue weighted by molar-refractivity contribution is -0.126. The van der Waals surface area contributed by atoms with Crippen molar-refractivity contribution in [2.24, 2.45) is 0 Å². The van der Waals surface area contributed by atoms with E-state index in [-0.39, 0.29) is 30.9 Å². The number of fused-ring (bicyclic) bond motifs is 1. The molecule has 1 N–H and O–H groups in total. The Morgan fingerprint density at radius 1 is 1.23 bits per heavy atom. The molecular weight excluding hydrogens is 284 g/mol. The zero-order valence-corrected chi connectivity index (χ0v) is 13.2. The summed E-state index contributed by atoms with van der Waals surface area (Å²) in [5, 5.41) is 2.94. The van der Waals surface area contributed by atoms with Crippen molar-refractivity contribution in [3.8, 4) is 11.5 Å². The predicted octanol–water partition coefficient (Wildman–Crippen LogP) is 1.85. The van der Waals surface area contributed by atoms with Crippen LogP contribution in [0.1, 0.15) is 20.8 Å². The van der Waals surface area contributed by atoms with Crippen molar-refractivity contribution in [3.05, 3.63) is 18.2 Å². The predicted molar refractivity (Wildman–Crippen MR) is 82.2 cm³/mol. The highest BCUT2D eigenvalue weighted by Crippen LogP contribution is 2.34. The Kier molecular flexibility index (Phi) is 4.22. The molecule has 3 atom stereocenters. The van der Waals surface area contributed by atoms with Crippen molar-refractivity contribution >= 4 is 11.6 Å². The molecule has 0 spiro atoms. The van der Waals surface area contributed by atoms with Gasteiger partial charge in [-0.3, -0.25) is 9.69 Å². The number of hydrogen-bond donors (Lipinski definition) is 1. The number of morpholine rings is 1. The van der Waals surface area contributed by atoms with Crippen LogP contribution in [0.4, 0.5) is 5.69 Å². The van der Waals surface area contributed by atoms with E-state index in [1.807, 2.05) is 32.9 Å². The Bertz CT molecular complexity index is 553. The maximum Gasteiger partial charge on any atom is 0.241 e. The number of amides is 1. The molecule has 1 aromatic rings. The number of carbonyl (C=O) groups is 1. The van der Waals surface area contributed by atoms with E-state index in [4.69, 9.17) is 14.2 Å². The van der Waals surface area contributed by atoms with E-state index in [1.54, 1.807) is 6.07 Å². The van der Waals surface area contributed by atoms with Crippen molar-refractivity contribution < 1.29 is 19.0 Å². The van der Waals surface area contributed by atoms with Crippen molar-refractivity contribution in [1.82, 2.24) is 4.90 Å². The normalized spacial score (nSPS) is 25.8. The number of ether oxygens (including phenoxy) is 3. The van der Waals surface area contributed by atoms with Crippen LogP contribution < -0.4 is 14.8 Å². The maximum atomic E-state index is 12.5. The highest BCUT2D eigenvalue weighted by Gasteiger charge is 2.29. The minimum atomic E-state index is -0.209. The molecule has 2 heterocycles. The van der Waals surface area contributed by atoms with Crippen LogP contribution in [0.2, 0.25) is 0 Å². The van der Waals surface area contributed by atoms with Crippen LogP contribution in [0.3, 0.4) is 0 Å². The monoisotopic (exact) mass is 306 g/mol. The molecule has 120 valence electrons. The SMILES string of the molecule is C[C@@H]1CN([C@H](C)C(=O)Nc2ccc3c(c2)OCO3)C[C@@H](C)O1. The number of benzene rings is 1. The van der Waals surface area contributed by atoms with E-state index in [0.717, 1.165) is 18.8 Å². The van der Waals surface area contributed by atoms with Gasteiger partial charge in [-0.15, -0.1) is 0 Å². The lowest BCUT2D eigenvalue weighted by Gasteiger charge is -2.38. The van der Waals surface area contributed by atoms with E-state index >= 15 is 0 Å². The van der Waals surface area contributed by atoms with Crippen LogP contribution in [-0.4, -0.2) is 48.9 Å². The molecule has 1 aromatic carbocycles. The van der Waals surface area contributed by atoms with Gasteiger partial charge in [0.05, 0.1) is 18.2 Å². The molecular formula is C16H22N2O4. The van der Waals surface area contributed by atoms with Crippen LogP contribution in [-0.2, 0) is 9.53 Å². The second-order valence-electron chi connectivity index (χ2n) is 5.94. The third kappa shape index (κ3) is 3.18. The smallest absolute Gasteiger partial charge is 0.241 e. The molecule has 3 rings (SSSR count). The second-order valence-corrected chi connectivity index (χ2v) is 5.94. The summed E-state index contributed by atoms with van der Waals surface area (Å²) in [4.78, 5) is 14.6. The highest BCUT2D eigenvalue weighted by molar-refractivity contribution is 5.94. The first kappa shape index (κ1) is 15.1. The topological polar surface area (TPSA) is 60.0 Å². The van der Waals surface area contributed by atoms with Crippen molar-refractivity contribution in [2.75, 3.05) is 25.2 Å². The van der Waals surface area contributed by atoms with Crippen molar-refractivity contribution in [1.29, 1.82) is 0 Å². The molecule has 0 saturated carbocycles. The average molecular weight is 306 g/mol. The molecule has 6 nitrogen and oxygen atoms in total. The summed E-state index contributed by atoms with van der Waals surface area (Å²) in [5.74, 6) is 1.35. The van der Waals surface area contributed by atoms with Gasteiger partial charge in [-0.1, -0.05) is 0 Å². The second kappa shape index (κ2) is 6.14. The van der Waals surface area contributed by atoms with Gasteiger partial charge in [0, 0.05) is 24.8 Å². The summed E-state index contributed by atoms with van der Waals surface area (Å²) >= 11 is 0. The average Bonchev–Trinajstić information content (AvgIpc) is 2.93. The summed E-state index contributed by atoms with van der Waals surface area (Å²) in [7, 11) is 0. The molecule has 1 fully saturated rings. The number of carbonyl (C=O) groups excluding carboxylic acids is 1.